The van der Waals surface area contributed by atoms with Crippen molar-refractivity contribution in [2.24, 2.45) is 0 Å². The van der Waals surface area contributed by atoms with Crippen molar-refractivity contribution in [2.45, 2.75) is 39.5 Å². The van der Waals surface area contributed by atoms with Gasteiger partial charge in [-0.2, -0.15) is 0 Å². The molecular weight excluding hydrogens is 280 g/mol. The van der Waals surface area contributed by atoms with Crippen LogP contribution in [-0.4, -0.2) is 6.61 Å². The Morgan fingerprint density at radius 2 is 1.76 bits per heavy atom. The minimum atomic E-state index is -0.0754. The zero-order valence-electron chi connectivity index (χ0n) is 13.2. The molecule has 0 amide bonds. The predicted molar refractivity (Wildman–Crippen MR) is 90.6 cm³/mol. The summed E-state index contributed by atoms with van der Waals surface area (Å²) in [6, 6.07) is 12.8. The Bertz CT molecular complexity index is 619. The molecule has 0 saturated carbocycles. The van der Waals surface area contributed by atoms with Crippen LogP contribution in [0.2, 0.25) is 0 Å². The number of rotatable bonds is 5. The van der Waals surface area contributed by atoms with Crippen LogP contribution in [0.15, 0.2) is 36.4 Å². The summed E-state index contributed by atoms with van der Waals surface area (Å²) in [5.74, 6) is 0.895. The fourth-order valence-corrected chi connectivity index (χ4v) is 2.80. The van der Waals surface area contributed by atoms with Crippen molar-refractivity contribution in [3.05, 3.63) is 64.2 Å². The second-order valence-corrected chi connectivity index (χ2v) is 6.09. The highest BCUT2D eigenvalue weighted by Crippen LogP contribution is 2.33. The third kappa shape index (κ3) is 4.01. The van der Waals surface area contributed by atoms with E-state index in [0.29, 0.717) is 6.61 Å². The van der Waals surface area contributed by atoms with Crippen LogP contribution in [0.3, 0.4) is 0 Å². The molecule has 0 heterocycles. The van der Waals surface area contributed by atoms with Crippen LogP contribution in [0.5, 0.6) is 5.75 Å². The topological polar surface area (TPSA) is 9.23 Å². The molecule has 1 unspecified atom stereocenters. The van der Waals surface area contributed by atoms with Crippen molar-refractivity contribution in [3.8, 4) is 5.75 Å². The molecule has 112 valence electrons. The van der Waals surface area contributed by atoms with E-state index in [2.05, 4.69) is 51.1 Å². The van der Waals surface area contributed by atoms with Gasteiger partial charge in [0.25, 0.3) is 0 Å². The third-order valence-corrected chi connectivity index (χ3v) is 4.18. The molecule has 2 rings (SSSR count). The van der Waals surface area contributed by atoms with Crippen LogP contribution >= 0.6 is 11.6 Å². The Hall–Kier alpha value is -1.47. The summed E-state index contributed by atoms with van der Waals surface area (Å²) >= 11 is 6.67. The van der Waals surface area contributed by atoms with Crippen molar-refractivity contribution in [2.75, 3.05) is 6.61 Å². The van der Waals surface area contributed by atoms with Crippen LogP contribution in [0.25, 0.3) is 0 Å². The quantitative estimate of drug-likeness (QED) is 0.660. The summed E-state index contributed by atoms with van der Waals surface area (Å²) in [5, 5.41) is -0.0754. The summed E-state index contributed by atoms with van der Waals surface area (Å²) < 4.78 is 5.71. The first-order chi connectivity index (χ1) is 10.0. The lowest BCUT2D eigenvalue weighted by Crippen LogP contribution is -2.02. The number of hydrogen-bond acceptors (Lipinski definition) is 1. The van der Waals surface area contributed by atoms with Crippen molar-refractivity contribution in [1.29, 1.82) is 0 Å². The van der Waals surface area contributed by atoms with Crippen molar-refractivity contribution < 1.29 is 4.74 Å². The van der Waals surface area contributed by atoms with Crippen LogP contribution in [0.1, 0.15) is 40.1 Å². The molecule has 2 aromatic rings. The average Bonchev–Trinajstić information content (AvgIpc) is 2.45. The summed E-state index contributed by atoms with van der Waals surface area (Å²) in [5.41, 5.74) is 6.18. The Morgan fingerprint density at radius 1 is 1.00 bits per heavy atom. The molecule has 21 heavy (non-hydrogen) atoms. The van der Waals surface area contributed by atoms with E-state index in [9.17, 15) is 0 Å². The van der Waals surface area contributed by atoms with Crippen LogP contribution in [0, 0.1) is 20.8 Å². The van der Waals surface area contributed by atoms with E-state index < -0.39 is 0 Å². The van der Waals surface area contributed by atoms with E-state index in [-0.39, 0.29) is 5.38 Å². The Kier molecular flexibility index (Phi) is 5.30. The minimum Gasteiger partial charge on any atom is -0.494 e. The van der Waals surface area contributed by atoms with Gasteiger partial charge >= 0.3 is 0 Å². The summed E-state index contributed by atoms with van der Waals surface area (Å²) in [6.45, 7) is 9.00. The van der Waals surface area contributed by atoms with Gasteiger partial charge < -0.3 is 4.74 Å². The molecule has 0 bridgehead atoms. The minimum absolute atomic E-state index is 0.0754. The summed E-state index contributed by atoms with van der Waals surface area (Å²) in [6.07, 6.45) is 0.812. The van der Waals surface area contributed by atoms with Gasteiger partial charge in [0, 0.05) is 5.56 Å². The first kappa shape index (κ1) is 15.9. The van der Waals surface area contributed by atoms with Gasteiger partial charge in [-0.3, -0.25) is 0 Å². The zero-order chi connectivity index (χ0) is 15.4. The van der Waals surface area contributed by atoms with Gasteiger partial charge in [-0.1, -0.05) is 35.9 Å². The highest BCUT2D eigenvalue weighted by atomic mass is 35.5. The van der Waals surface area contributed by atoms with Crippen LogP contribution in [-0.2, 0) is 6.42 Å². The molecule has 2 heteroatoms. The monoisotopic (exact) mass is 302 g/mol. The van der Waals surface area contributed by atoms with E-state index in [0.717, 1.165) is 17.7 Å². The molecule has 0 saturated heterocycles. The van der Waals surface area contributed by atoms with Gasteiger partial charge in [0.1, 0.15) is 5.75 Å². The number of hydrogen-bond donors (Lipinski definition) is 0. The lowest BCUT2D eigenvalue weighted by Gasteiger charge is -2.16. The average molecular weight is 303 g/mol. The largest absolute Gasteiger partial charge is 0.494 e. The fraction of sp³-hybridized carbons (Fsp3) is 0.368. The standard InChI is InChI=1S/C19H23ClO/c1-5-21-19-9-6-13(2)10-17(19)18(20)12-16-8-7-14(3)15(4)11-16/h6-11,18H,5,12H2,1-4H3. The van der Waals surface area contributed by atoms with Gasteiger partial charge in [-0.05, 0) is 56.9 Å². The van der Waals surface area contributed by atoms with E-state index in [1.165, 1.54) is 22.3 Å². The molecule has 0 radical (unpaired) electrons. The van der Waals surface area contributed by atoms with Crippen LogP contribution < -0.4 is 4.74 Å². The molecule has 1 nitrogen and oxygen atoms in total. The maximum atomic E-state index is 6.67. The molecule has 1 atom stereocenters. The van der Waals surface area contributed by atoms with E-state index in [1.807, 2.05) is 13.0 Å². The van der Waals surface area contributed by atoms with E-state index in [1.54, 1.807) is 0 Å². The van der Waals surface area contributed by atoms with E-state index >= 15 is 0 Å². The second-order valence-electron chi connectivity index (χ2n) is 5.56. The first-order valence-corrected chi connectivity index (χ1v) is 7.88. The highest BCUT2D eigenvalue weighted by Gasteiger charge is 2.15. The van der Waals surface area contributed by atoms with Gasteiger partial charge in [0.15, 0.2) is 0 Å². The lowest BCUT2D eigenvalue weighted by atomic mass is 9.99. The van der Waals surface area contributed by atoms with Crippen LogP contribution in [0.4, 0.5) is 0 Å². The SMILES string of the molecule is CCOc1ccc(C)cc1C(Cl)Cc1ccc(C)c(C)c1. The molecular formula is C19H23ClO. The van der Waals surface area contributed by atoms with Gasteiger partial charge in [0.05, 0.1) is 12.0 Å². The summed E-state index contributed by atoms with van der Waals surface area (Å²) in [7, 11) is 0. The maximum absolute atomic E-state index is 6.67. The predicted octanol–water partition coefficient (Wildman–Crippen LogP) is 5.53. The fourth-order valence-electron chi connectivity index (χ4n) is 2.45. The zero-order valence-corrected chi connectivity index (χ0v) is 14.0. The highest BCUT2D eigenvalue weighted by molar-refractivity contribution is 6.21. The molecule has 0 fully saturated rings. The second kappa shape index (κ2) is 7.00. The molecule has 0 N–H and O–H groups in total. The molecule has 0 aliphatic rings. The van der Waals surface area contributed by atoms with Crippen molar-refractivity contribution in [1.82, 2.24) is 0 Å². The lowest BCUT2D eigenvalue weighted by molar-refractivity contribution is 0.336. The number of halogens is 1. The van der Waals surface area contributed by atoms with Crippen molar-refractivity contribution in [3.63, 3.8) is 0 Å². The molecule has 0 spiro atoms. The Labute approximate surface area is 132 Å². The van der Waals surface area contributed by atoms with Gasteiger partial charge in [-0.15, -0.1) is 11.6 Å². The number of benzene rings is 2. The van der Waals surface area contributed by atoms with Crippen molar-refractivity contribution >= 4 is 11.6 Å². The van der Waals surface area contributed by atoms with Gasteiger partial charge in [-0.25, -0.2) is 0 Å². The van der Waals surface area contributed by atoms with E-state index in [4.69, 9.17) is 16.3 Å². The molecule has 2 aromatic carbocycles. The number of aryl methyl sites for hydroxylation is 3. The van der Waals surface area contributed by atoms with Gasteiger partial charge in [0.2, 0.25) is 0 Å². The molecule has 0 aromatic heterocycles. The maximum Gasteiger partial charge on any atom is 0.123 e. The number of ether oxygens (including phenoxy) is 1. The number of alkyl halides is 1. The Morgan fingerprint density at radius 3 is 2.43 bits per heavy atom. The third-order valence-electron chi connectivity index (χ3n) is 3.79. The molecule has 0 aliphatic heterocycles. The smallest absolute Gasteiger partial charge is 0.123 e. The first-order valence-electron chi connectivity index (χ1n) is 7.44. The Balaban J connectivity index is 2.24. The normalized spacial score (nSPS) is 12.2. The summed E-state index contributed by atoms with van der Waals surface area (Å²) in [4.78, 5) is 0. The molecule has 0 aliphatic carbocycles.